The second-order valence-electron chi connectivity index (χ2n) is 6.56. The van der Waals surface area contributed by atoms with E-state index < -0.39 is 15.7 Å². The van der Waals surface area contributed by atoms with Crippen LogP contribution in [0.5, 0.6) is 5.75 Å². The number of thiophene rings is 1. The van der Waals surface area contributed by atoms with Gasteiger partial charge in [0.1, 0.15) is 5.75 Å². The van der Waals surface area contributed by atoms with Crippen LogP contribution in [0.2, 0.25) is 0 Å². The molecule has 1 aromatic carbocycles. The van der Waals surface area contributed by atoms with Crippen molar-refractivity contribution in [1.29, 1.82) is 0 Å². The van der Waals surface area contributed by atoms with E-state index in [4.69, 9.17) is 0 Å². The van der Waals surface area contributed by atoms with Gasteiger partial charge in [-0.1, -0.05) is 6.92 Å². The number of nitrogens with one attached hydrogen (secondary N) is 1. The lowest BCUT2D eigenvalue weighted by atomic mass is 10.1. The van der Waals surface area contributed by atoms with Gasteiger partial charge in [0.15, 0.2) is 9.84 Å². The van der Waals surface area contributed by atoms with Crippen molar-refractivity contribution in [3.63, 3.8) is 0 Å². The lowest BCUT2D eigenvalue weighted by Gasteiger charge is -2.27. The Hall–Kier alpha value is -2.39. The number of rotatable bonds is 6. The minimum Gasteiger partial charge on any atom is -0.506 e. The first-order valence-corrected chi connectivity index (χ1v) is 11.5. The van der Waals surface area contributed by atoms with Gasteiger partial charge in [-0.3, -0.25) is 9.59 Å². The van der Waals surface area contributed by atoms with Gasteiger partial charge in [0.25, 0.3) is 0 Å². The number of carbonyl (C=O) groups is 2. The first-order valence-electron chi connectivity index (χ1n) is 8.99. The van der Waals surface area contributed by atoms with Crippen LogP contribution in [0.1, 0.15) is 30.2 Å². The quantitative estimate of drug-likeness (QED) is 0.697. The van der Waals surface area contributed by atoms with Crippen molar-refractivity contribution in [3.8, 4) is 5.75 Å². The zero-order valence-corrected chi connectivity index (χ0v) is 17.1. The number of amides is 2. The average molecular weight is 423 g/mol. The predicted octanol–water partition coefficient (Wildman–Crippen LogP) is 2.55. The number of aromatic hydroxyl groups is 1. The molecule has 0 spiro atoms. The van der Waals surface area contributed by atoms with E-state index in [0.717, 1.165) is 12.0 Å². The van der Waals surface area contributed by atoms with Gasteiger partial charge in [-0.05, 0) is 41.6 Å². The minimum absolute atomic E-state index is 0.0212. The van der Waals surface area contributed by atoms with Crippen LogP contribution in [0.25, 0.3) is 0 Å². The van der Waals surface area contributed by atoms with Crippen LogP contribution >= 0.6 is 11.3 Å². The maximum absolute atomic E-state index is 12.4. The van der Waals surface area contributed by atoms with Crippen LogP contribution in [-0.2, 0) is 32.4 Å². The van der Waals surface area contributed by atoms with Crippen LogP contribution in [0.15, 0.2) is 34.5 Å². The zero-order chi connectivity index (χ0) is 20.3. The molecule has 0 bridgehead atoms. The molecule has 0 fully saturated rings. The first-order chi connectivity index (χ1) is 13.3. The third kappa shape index (κ3) is 4.53. The van der Waals surface area contributed by atoms with Gasteiger partial charge < -0.3 is 15.3 Å². The lowest BCUT2D eigenvalue weighted by Crippen LogP contribution is -2.35. The fourth-order valence-electron chi connectivity index (χ4n) is 3.03. The summed E-state index contributed by atoms with van der Waals surface area (Å²) in [6.07, 6.45) is 0.840. The molecule has 0 saturated carbocycles. The number of benzene rings is 1. The molecule has 2 aromatic rings. The summed E-state index contributed by atoms with van der Waals surface area (Å²) in [5.41, 5.74) is 1.18. The van der Waals surface area contributed by atoms with Crippen molar-refractivity contribution in [2.24, 2.45) is 0 Å². The van der Waals surface area contributed by atoms with E-state index in [2.05, 4.69) is 5.32 Å². The van der Waals surface area contributed by atoms with Gasteiger partial charge in [0.05, 0.1) is 16.3 Å². The number of fused-ring (bicyclic) bond motifs is 1. The van der Waals surface area contributed by atoms with Crippen LogP contribution in [0, 0.1) is 0 Å². The van der Waals surface area contributed by atoms with E-state index in [0.29, 0.717) is 13.1 Å². The molecule has 2 N–H and O–H groups in total. The van der Waals surface area contributed by atoms with Crippen molar-refractivity contribution in [3.05, 3.63) is 40.1 Å². The van der Waals surface area contributed by atoms with E-state index in [1.807, 2.05) is 11.4 Å². The topological polar surface area (TPSA) is 104 Å². The van der Waals surface area contributed by atoms with Gasteiger partial charge in [0, 0.05) is 30.8 Å². The Kier molecular flexibility index (Phi) is 6.04. The third-order valence-electron chi connectivity index (χ3n) is 4.71. The van der Waals surface area contributed by atoms with Crippen molar-refractivity contribution in [1.82, 2.24) is 4.90 Å². The Balaban J connectivity index is 1.57. The number of phenolic OH excluding ortho intramolecular Hbond substituents is 1. The summed E-state index contributed by atoms with van der Waals surface area (Å²) in [4.78, 5) is 27.7. The molecular weight excluding hydrogens is 400 g/mol. The molecule has 0 radical (unpaired) electrons. The second-order valence-corrected chi connectivity index (χ2v) is 9.84. The highest BCUT2D eigenvalue weighted by molar-refractivity contribution is 7.91. The fourth-order valence-corrected chi connectivity index (χ4v) is 4.82. The zero-order valence-electron chi connectivity index (χ0n) is 15.5. The first kappa shape index (κ1) is 20.3. The van der Waals surface area contributed by atoms with Gasteiger partial charge >= 0.3 is 0 Å². The molecule has 0 unspecified atom stereocenters. The molecule has 0 aliphatic carbocycles. The fraction of sp³-hybridized carbons (Fsp3) is 0.368. The maximum atomic E-state index is 12.4. The molecular formula is C19H22N2O5S2. The van der Waals surface area contributed by atoms with Crippen molar-refractivity contribution < 1.29 is 23.1 Å². The van der Waals surface area contributed by atoms with Crippen LogP contribution < -0.4 is 5.32 Å². The SMILES string of the molecule is CCS(=O)(=O)c1ccc(O)c(NC(=O)CCC(=O)N2CCc3sccc3C2)c1. The number of hydrogen-bond acceptors (Lipinski definition) is 6. The highest BCUT2D eigenvalue weighted by Gasteiger charge is 2.22. The molecule has 2 heterocycles. The van der Waals surface area contributed by atoms with E-state index >= 15 is 0 Å². The summed E-state index contributed by atoms with van der Waals surface area (Å²) < 4.78 is 23.9. The molecule has 9 heteroatoms. The molecule has 1 aliphatic rings. The standard InChI is InChI=1S/C19H22N2O5S2/c1-2-28(25,26)14-3-4-16(22)15(11-14)20-18(23)5-6-19(24)21-9-7-17-13(12-21)8-10-27-17/h3-4,8,10-11,22H,2,5-7,9,12H2,1H3,(H,20,23). The monoisotopic (exact) mass is 422 g/mol. The summed E-state index contributed by atoms with van der Waals surface area (Å²) in [6.45, 7) is 2.73. The lowest BCUT2D eigenvalue weighted by molar-refractivity contribution is -0.133. The Labute approximate surface area is 167 Å². The summed E-state index contributed by atoms with van der Waals surface area (Å²) in [5.74, 6) is -0.862. The largest absolute Gasteiger partial charge is 0.506 e. The number of nitrogens with zero attached hydrogens (tertiary/aromatic N) is 1. The predicted molar refractivity (Wildman–Crippen MR) is 107 cm³/mol. The number of anilines is 1. The molecule has 2 amide bonds. The van der Waals surface area contributed by atoms with Crippen LogP contribution in [0.4, 0.5) is 5.69 Å². The van der Waals surface area contributed by atoms with E-state index in [9.17, 15) is 23.1 Å². The summed E-state index contributed by atoms with van der Waals surface area (Å²) in [7, 11) is -3.46. The molecule has 0 saturated heterocycles. The Morgan fingerprint density at radius 1 is 1.25 bits per heavy atom. The summed E-state index contributed by atoms with van der Waals surface area (Å²) in [5, 5.41) is 14.4. The highest BCUT2D eigenvalue weighted by atomic mass is 32.2. The molecule has 3 rings (SSSR count). The van der Waals surface area contributed by atoms with Crippen molar-refractivity contribution in [2.75, 3.05) is 17.6 Å². The second kappa shape index (κ2) is 8.32. The van der Waals surface area contributed by atoms with Gasteiger partial charge in [-0.2, -0.15) is 0 Å². The average Bonchev–Trinajstić information content (AvgIpc) is 3.15. The molecule has 1 aromatic heterocycles. The molecule has 7 nitrogen and oxygen atoms in total. The molecule has 150 valence electrons. The Bertz CT molecular complexity index is 998. The van der Waals surface area contributed by atoms with E-state index in [1.165, 1.54) is 30.0 Å². The maximum Gasteiger partial charge on any atom is 0.224 e. The molecule has 0 atom stereocenters. The summed E-state index contributed by atoms with van der Waals surface area (Å²) in [6, 6.07) is 5.78. The van der Waals surface area contributed by atoms with Gasteiger partial charge in [-0.25, -0.2) is 8.42 Å². The number of hydrogen-bond donors (Lipinski definition) is 2. The third-order valence-corrected chi connectivity index (χ3v) is 7.46. The Morgan fingerprint density at radius 2 is 2.04 bits per heavy atom. The van der Waals surface area contributed by atoms with E-state index in [-0.39, 0.29) is 40.8 Å². The number of phenols is 1. The van der Waals surface area contributed by atoms with Crippen molar-refractivity contribution in [2.45, 2.75) is 37.6 Å². The van der Waals surface area contributed by atoms with Crippen LogP contribution in [0.3, 0.4) is 0 Å². The number of sulfone groups is 1. The molecule has 28 heavy (non-hydrogen) atoms. The molecule has 1 aliphatic heterocycles. The van der Waals surface area contributed by atoms with Gasteiger partial charge in [-0.15, -0.1) is 11.3 Å². The normalized spacial score (nSPS) is 13.8. The van der Waals surface area contributed by atoms with Gasteiger partial charge in [0.2, 0.25) is 11.8 Å². The smallest absolute Gasteiger partial charge is 0.224 e. The van der Waals surface area contributed by atoms with Crippen LogP contribution in [-0.4, -0.2) is 42.5 Å². The highest BCUT2D eigenvalue weighted by Crippen LogP contribution is 2.27. The van der Waals surface area contributed by atoms with Crippen molar-refractivity contribution >= 4 is 38.7 Å². The van der Waals surface area contributed by atoms with E-state index in [1.54, 1.807) is 16.2 Å². The number of carbonyl (C=O) groups excluding carboxylic acids is 2. The minimum atomic E-state index is -3.46. The summed E-state index contributed by atoms with van der Waals surface area (Å²) >= 11 is 1.70. The Morgan fingerprint density at radius 3 is 2.79 bits per heavy atom.